The number of carbonyl (C=O) groups excluding carboxylic acids is 4. The van der Waals surface area contributed by atoms with E-state index >= 15 is 0 Å². The van der Waals surface area contributed by atoms with Crippen molar-refractivity contribution in [1.82, 2.24) is 91.5 Å². The van der Waals surface area contributed by atoms with Gasteiger partial charge in [-0.2, -0.15) is 15.4 Å². The average Bonchev–Trinajstić information content (AvgIpc) is 1.50. The van der Waals surface area contributed by atoms with Crippen molar-refractivity contribution in [3.8, 4) is 0 Å². The van der Waals surface area contributed by atoms with Crippen LogP contribution in [0.5, 0.6) is 0 Å². The molecule has 3 fully saturated rings. The number of hydrogen-bond donors (Lipinski definition) is 15. The van der Waals surface area contributed by atoms with Gasteiger partial charge >= 0.3 is 0 Å². The van der Waals surface area contributed by atoms with E-state index < -0.39 is 129 Å². The third kappa shape index (κ3) is 27.5. The van der Waals surface area contributed by atoms with Crippen molar-refractivity contribution in [1.29, 1.82) is 0 Å². The largest absolute Gasteiger partial charge is 0.394 e. The van der Waals surface area contributed by atoms with Crippen molar-refractivity contribution in [2.75, 3.05) is 105 Å². The summed E-state index contributed by atoms with van der Waals surface area (Å²) in [7, 11) is 3.20. The number of aliphatic hydroxyl groups is 10. The van der Waals surface area contributed by atoms with Crippen LogP contribution in [0.25, 0.3) is 0 Å². The molecular formula is C64H102N18O23S2. The molecule has 15 N–H and O–H groups in total. The first-order chi connectivity index (χ1) is 51.7. The summed E-state index contributed by atoms with van der Waals surface area (Å²) in [5.41, 5.74) is 0.758. The van der Waals surface area contributed by atoms with Crippen LogP contribution in [0.2, 0.25) is 0 Å². The highest BCUT2D eigenvalue weighted by atomic mass is 33.1. The van der Waals surface area contributed by atoms with Crippen molar-refractivity contribution in [3.63, 3.8) is 0 Å². The number of ether oxygens (including phenoxy) is 9. The highest BCUT2D eigenvalue weighted by Gasteiger charge is 2.50. The number of aromatic amines is 1. The number of rotatable bonds is 49. The maximum Gasteiger partial charge on any atom is 0.237 e. The fourth-order valence-electron chi connectivity index (χ4n) is 12.0. The average molecular weight is 1560 g/mol. The van der Waals surface area contributed by atoms with Crippen molar-refractivity contribution >= 4 is 45.2 Å². The lowest BCUT2D eigenvalue weighted by molar-refractivity contribution is -0.316. The molecule has 107 heavy (non-hydrogen) atoms. The van der Waals surface area contributed by atoms with Gasteiger partial charge in [0.05, 0.1) is 146 Å². The van der Waals surface area contributed by atoms with Gasteiger partial charge in [0.25, 0.3) is 0 Å². The molecule has 43 heteroatoms. The van der Waals surface area contributed by atoms with Gasteiger partial charge in [-0.25, -0.2) is 14.0 Å². The third-order valence-corrected chi connectivity index (χ3v) is 19.6. The summed E-state index contributed by atoms with van der Waals surface area (Å²) in [6.07, 6.45) is -7.66. The summed E-state index contributed by atoms with van der Waals surface area (Å²) in [4.78, 5) is 55.8. The molecular weight excluding hydrogens is 1450 g/mol. The normalized spacial score (nSPS) is 24.9. The monoisotopic (exact) mass is 1550 g/mol. The number of H-pyrrole nitrogens is 1. The van der Waals surface area contributed by atoms with Crippen LogP contribution in [0.15, 0.2) is 53.8 Å². The van der Waals surface area contributed by atoms with Gasteiger partial charge in [-0.05, 0) is 31.5 Å². The molecule has 3 aliphatic rings. The van der Waals surface area contributed by atoms with Crippen LogP contribution in [0.1, 0.15) is 74.9 Å². The zero-order chi connectivity index (χ0) is 76.7. The number of carbonyl (C=O) groups is 4. The van der Waals surface area contributed by atoms with Gasteiger partial charge in [-0.3, -0.25) is 29.0 Å². The second-order valence-corrected chi connectivity index (χ2v) is 28.1. The number of amides is 4. The van der Waals surface area contributed by atoms with E-state index in [1.807, 2.05) is 35.2 Å². The molecule has 4 amide bonds. The molecule has 0 bridgehead atoms. The van der Waals surface area contributed by atoms with E-state index in [0.717, 1.165) is 4.90 Å². The molecule has 0 aliphatic carbocycles. The van der Waals surface area contributed by atoms with Gasteiger partial charge in [0.2, 0.25) is 29.9 Å². The number of hydrogen-bond acceptors (Lipinski definition) is 35. The predicted octanol–water partition coefficient (Wildman–Crippen LogP) is -5.81. The Morgan fingerprint density at radius 3 is 1.70 bits per heavy atom. The van der Waals surface area contributed by atoms with Gasteiger partial charge < -0.3 is 115 Å². The van der Waals surface area contributed by atoms with Crippen LogP contribution in [-0.4, -0.2) is 341 Å². The molecule has 0 saturated carbocycles. The highest BCUT2D eigenvalue weighted by Crippen LogP contribution is 2.31. The molecule has 15 atom stereocenters. The lowest BCUT2D eigenvalue weighted by Gasteiger charge is -2.44. The smallest absolute Gasteiger partial charge is 0.237 e. The fourth-order valence-corrected chi connectivity index (χ4v) is 13.9. The molecule has 8 rings (SSSR count). The van der Waals surface area contributed by atoms with E-state index in [0.29, 0.717) is 86.2 Å². The number of aliphatic hydroxyl groups excluding tert-OH is 9. The van der Waals surface area contributed by atoms with Gasteiger partial charge in [0.1, 0.15) is 54.8 Å². The minimum Gasteiger partial charge on any atom is -0.394 e. The van der Waals surface area contributed by atoms with Crippen LogP contribution in [-0.2, 0) is 114 Å². The minimum absolute atomic E-state index is 0.0284. The van der Waals surface area contributed by atoms with E-state index in [4.69, 9.17) is 42.6 Å². The topological polar surface area (TPSA) is 542 Å². The lowest BCUT2D eigenvalue weighted by atomic mass is 9.97. The molecule has 5 aromatic rings. The maximum absolute atomic E-state index is 14.9. The second-order valence-electron chi connectivity index (χ2n) is 25.6. The molecule has 4 aromatic heterocycles. The Morgan fingerprint density at radius 1 is 0.626 bits per heavy atom. The molecule has 598 valence electrons. The SMILES string of the molecule is CC(=O)NC1C(OCCOCCc2n[nH]nc2CN(Cc2cn(CCO)nn2)[C@H](CCCCN(Cc2cn(CCOCCOC3OC(CO)C(O)C(O)C3NC(C)=O)nn2)Cc2cn(CCOCCOC3OC(CO)C(O)CC3(O)NC(C)=O)nn2)C(=O)NCCSSc2ccccc2)OC(CO)C(O)C1O. The summed E-state index contributed by atoms with van der Waals surface area (Å²) in [6.45, 7) is 4.67. The maximum atomic E-state index is 14.9. The Morgan fingerprint density at radius 2 is 1.16 bits per heavy atom. The molecule has 0 spiro atoms. The van der Waals surface area contributed by atoms with Crippen molar-refractivity contribution in [2.45, 2.75) is 195 Å². The van der Waals surface area contributed by atoms with E-state index in [9.17, 15) is 70.2 Å². The Kier molecular flexibility index (Phi) is 36.2. The molecule has 3 aliphatic heterocycles. The molecule has 7 heterocycles. The van der Waals surface area contributed by atoms with Crippen molar-refractivity contribution in [3.05, 3.63) is 77.4 Å². The quantitative estimate of drug-likeness (QED) is 0.00980. The van der Waals surface area contributed by atoms with Crippen LogP contribution in [0.4, 0.5) is 0 Å². The molecule has 14 unspecified atom stereocenters. The Bertz CT molecular complexity index is 3410. The van der Waals surface area contributed by atoms with E-state index in [-0.39, 0.29) is 111 Å². The number of aromatic nitrogens is 12. The van der Waals surface area contributed by atoms with E-state index in [1.54, 1.807) is 49.5 Å². The van der Waals surface area contributed by atoms with Crippen LogP contribution >= 0.6 is 21.6 Å². The standard InChI is InChI=1S/C64H102N18O23S2/c1-40(87)66-54-58(93)56(91)52(38-85)103-61(54)100-25-22-97-19-12-47-48(73-74-72-47)36-79(32-45-35-80(15-18-83)75-71-45)49(60(95)65-13-28-106-107-46-9-5-4-6-10-46)11-7-8-14-78(30-43-33-81(76-69-43)16-20-98-23-26-101-62-55(67-41(2)88)59(94)57(92)53(39-86)104-62)31-44-34-82(77-70-44)17-21-99-24-27-102-63-64(96,68-42(3)89)29-50(90)51(37-84)105-63/h4-6,9-10,33-35,49-59,61-63,83-86,90-94,96H,7-8,11-32,36-39H2,1-3H3,(H,65,95)(H,66,87)(H,67,88)(H,68,89)(H,72,73,74)/t49-,50?,51?,52?,53?,54?,55?,56?,57?,58?,59?,61?,62?,63?,64?/m1/s1. The summed E-state index contributed by atoms with van der Waals surface area (Å²) in [5.74, 6) is -1.22. The summed E-state index contributed by atoms with van der Waals surface area (Å²) >= 11 is 0. The predicted molar refractivity (Wildman–Crippen MR) is 372 cm³/mol. The zero-order valence-corrected chi connectivity index (χ0v) is 61.5. The van der Waals surface area contributed by atoms with Crippen LogP contribution in [0.3, 0.4) is 0 Å². The summed E-state index contributed by atoms with van der Waals surface area (Å²) in [6, 6.07) is 6.88. The number of unbranched alkanes of at least 4 members (excludes halogenated alkanes) is 1. The second kappa shape index (κ2) is 45.0. The Labute approximate surface area is 624 Å². The Hall–Kier alpha value is -6.48. The number of nitrogens with zero attached hydrogens (tertiary/aromatic N) is 13. The highest BCUT2D eigenvalue weighted by molar-refractivity contribution is 8.76. The molecule has 1 aromatic carbocycles. The lowest BCUT2D eigenvalue weighted by Crippen LogP contribution is -2.65. The van der Waals surface area contributed by atoms with Crippen LogP contribution in [0, 0.1) is 0 Å². The zero-order valence-electron chi connectivity index (χ0n) is 59.9. The van der Waals surface area contributed by atoms with Gasteiger partial charge in [0, 0.05) is 95.6 Å². The fraction of sp³-hybridized carbons (Fsp3) is 0.719. The summed E-state index contributed by atoms with van der Waals surface area (Å²) in [5, 5.41) is 151. The van der Waals surface area contributed by atoms with Gasteiger partial charge in [0.15, 0.2) is 18.3 Å². The Balaban J connectivity index is 0.929. The first-order valence-corrected chi connectivity index (χ1v) is 37.6. The first-order valence-electron chi connectivity index (χ1n) is 35.3. The van der Waals surface area contributed by atoms with E-state index in [1.165, 1.54) is 25.5 Å². The first kappa shape index (κ1) is 86.1. The number of nitrogens with one attached hydrogen (secondary N) is 5. The molecule has 3 saturated heterocycles. The third-order valence-electron chi connectivity index (χ3n) is 17.2. The molecule has 41 nitrogen and oxygen atoms in total. The van der Waals surface area contributed by atoms with Gasteiger partial charge in [-0.15, -0.1) is 15.3 Å². The minimum atomic E-state index is -2.06. The van der Waals surface area contributed by atoms with Crippen LogP contribution < -0.4 is 21.3 Å². The molecule has 0 radical (unpaired) electrons. The van der Waals surface area contributed by atoms with Crippen molar-refractivity contribution in [2.24, 2.45) is 0 Å². The number of benzene rings is 1. The summed E-state index contributed by atoms with van der Waals surface area (Å²) < 4.78 is 56.6. The van der Waals surface area contributed by atoms with E-state index in [2.05, 4.69) is 72.5 Å². The van der Waals surface area contributed by atoms with Gasteiger partial charge in [-0.1, -0.05) is 61.8 Å². The van der Waals surface area contributed by atoms with Crippen molar-refractivity contribution < 1.29 is 113 Å².